The highest BCUT2D eigenvalue weighted by Gasteiger charge is 2.30. The van der Waals surface area contributed by atoms with Gasteiger partial charge in [-0.05, 0) is 6.42 Å². The van der Waals surface area contributed by atoms with Crippen molar-refractivity contribution in [2.75, 3.05) is 24.6 Å². The second-order valence-electron chi connectivity index (χ2n) is 5.71. The van der Waals surface area contributed by atoms with E-state index in [1.54, 1.807) is 18.7 Å². The predicted molar refractivity (Wildman–Crippen MR) is 80.0 cm³/mol. The minimum atomic E-state index is -0.652. The Labute approximate surface area is 125 Å². The molecular weight excluding hydrogens is 290 g/mol. The van der Waals surface area contributed by atoms with E-state index in [2.05, 4.69) is 9.97 Å². The first-order valence-corrected chi connectivity index (χ1v) is 7.13. The minimum absolute atomic E-state index is 0.0499. The summed E-state index contributed by atoms with van der Waals surface area (Å²) in [6.45, 7) is 0.894. The summed E-state index contributed by atoms with van der Waals surface area (Å²) in [7, 11) is 3.25. The van der Waals surface area contributed by atoms with Crippen molar-refractivity contribution in [3.05, 3.63) is 20.8 Å². The van der Waals surface area contributed by atoms with Crippen molar-refractivity contribution in [1.82, 2.24) is 19.1 Å². The zero-order valence-corrected chi connectivity index (χ0v) is 12.5. The van der Waals surface area contributed by atoms with Crippen molar-refractivity contribution in [3.63, 3.8) is 0 Å². The molecule has 9 nitrogen and oxygen atoms in total. The van der Waals surface area contributed by atoms with Crippen molar-refractivity contribution in [2.45, 2.75) is 12.5 Å². The zero-order valence-electron chi connectivity index (χ0n) is 12.5. The van der Waals surface area contributed by atoms with E-state index in [0.717, 1.165) is 0 Å². The third-order valence-electron chi connectivity index (χ3n) is 4.35. The summed E-state index contributed by atoms with van der Waals surface area (Å²) in [5, 5.41) is 19.3. The van der Waals surface area contributed by atoms with Crippen molar-refractivity contribution < 1.29 is 10.2 Å². The number of piperidine rings is 1. The van der Waals surface area contributed by atoms with E-state index in [1.807, 2.05) is 4.90 Å². The third-order valence-corrected chi connectivity index (χ3v) is 4.35. The minimum Gasteiger partial charge on any atom is -0.396 e. The highest BCUT2D eigenvalue weighted by Crippen LogP contribution is 2.24. The molecule has 2 aromatic heterocycles. The van der Waals surface area contributed by atoms with Crippen LogP contribution in [-0.2, 0) is 14.1 Å². The molecule has 0 aliphatic carbocycles. The molecular formula is C13H19N5O4. The van der Waals surface area contributed by atoms with Gasteiger partial charge in [-0.1, -0.05) is 0 Å². The molecule has 3 rings (SSSR count). The zero-order chi connectivity index (χ0) is 16.0. The molecule has 0 spiro atoms. The molecule has 0 amide bonds. The summed E-state index contributed by atoms with van der Waals surface area (Å²) >= 11 is 0. The average molecular weight is 309 g/mol. The van der Waals surface area contributed by atoms with E-state index in [-0.39, 0.29) is 12.5 Å². The maximum Gasteiger partial charge on any atom is 0.329 e. The van der Waals surface area contributed by atoms with Gasteiger partial charge < -0.3 is 19.7 Å². The fourth-order valence-electron chi connectivity index (χ4n) is 2.95. The van der Waals surface area contributed by atoms with Crippen LogP contribution in [0.25, 0.3) is 11.2 Å². The monoisotopic (exact) mass is 309 g/mol. The molecule has 3 heterocycles. The Bertz CT molecular complexity index is 820. The predicted octanol–water partition coefficient (Wildman–Crippen LogP) is -1.86. The van der Waals surface area contributed by atoms with Gasteiger partial charge in [0.25, 0.3) is 5.56 Å². The lowest BCUT2D eigenvalue weighted by Gasteiger charge is -2.35. The van der Waals surface area contributed by atoms with Crippen LogP contribution in [0.1, 0.15) is 6.42 Å². The number of nitrogens with zero attached hydrogens (tertiary/aromatic N) is 4. The number of β-amino-alcohol motifs (C(OH)–C–C–N with tert-alkyl or cyclic N) is 1. The number of aromatic nitrogens is 4. The molecule has 120 valence electrons. The number of aliphatic hydroxyl groups is 2. The number of fused-ring (bicyclic) bond motifs is 1. The number of imidazole rings is 1. The molecule has 0 unspecified atom stereocenters. The van der Waals surface area contributed by atoms with Crippen LogP contribution in [0.3, 0.4) is 0 Å². The second-order valence-corrected chi connectivity index (χ2v) is 5.71. The smallest absolute Gasteiger partial charge is 0.329 e. The summed E-state index contributed by atoms with van der Waals surface area (Å²) in [4.78, 5) is 32.2. The summed E-state index contributed by atoms with van der Waals surface area (Å²) in [5.74, 6) is 0.385. The van der Waals surface area contributed by atoms with Crippen LogP contribution < -0.4 is 16.1 Å². The van der Waals surface area contributed by atoms with Crippen LogP contribution in [-0.4, -0.2) is 55.1 Å². The van der Waals surface area contributed by atoms with E-state index in [4.69, 9.17) is 0 Å². The Hall–Kier alpha value is -2.13. The first-order valence-electron chi connectivity index (χ1n) is 7.13. The van der Waals surface area contributed by atoms with Gasteiger partial charge in [0.15, 0.2) is 11.2 Å². The van der Waals surface area contributed by atoms with Crippen LogP contribution >= 0.6 is 0 Å². The molecule has 1 aliphatic heterocycles. The standard InChI is InChI=1S/C13H19N5O4/c1-16-9-10(17(2)13(22)15-11(9)21)14-12(16)18-4-3-7(6-19)8(20)5-18/h7-8,19-20H,3-6H2,1-2H3,(H,15,21,22)/t7-,8+/m1/s1. The molecule has 0 saturated carbocycles. The average Bonchev–Trinajstić information content (AvgIpc) is 2.83. The highest BCUT2D eigenvalue weighted by molar-refractivity contribution is 5.74. The van der Waals surface area contributed by atoms with Crippen molar-refractivity contribution in [3.8, 4) is 0 Å². The van der Waals surface area contributed by atoms with Crippen LogP contribution in [0, 0.1) is 5.92 Å². The molecule has 1 fully saturated rings. The maximum atomic E-state index is 12.0. The number of aliphatic hydroxyl groups excluding tert-OH is 2. The third kappa shape index (κ3) is 2.13. The Balaban J connectivity index is 2.08. The summed E-state index contributed by atoms with van der Waals surface area (Å²) in [6.07, 6.45) is -0.0171. The molecule has 2 aromatic rings. The molecule has 0 bridgehead atoms. The topological polar surface area (TPSA) is 116 Å². The lowest BCUT2D eigenvalue weighted by molar-refractivity contribution is 0.0543. The summed E-state index contributed by atoms with van der Waals surface area (Å²) in [5.41, 5.74) is -0.368. The van der Waals surface area contributed by atoms with Crippen LogP contribution in [0.2, 0.25) is 0 Å². The normalized spacial score (nSPS) is 22.5. The fourth-order valence-corrected chi connectivity index (χ4v) is 2.95. The summed E-state index contributed by atoms with van der Waals surface area (Å²) < 4.78 is 2.91. The number of hydrogen-bond donors (Lipinski definition) is 3. The highest BCUT2D eigenvalue weighted by atomic mass is 16.3. The van der Waals surface area contributed by atoms with E-state index in [1.165, 1.54) is 4.57 Å². The van der Waals surface area contributed by atoms with Crippen LogP contribution in [0.5, 0.6) is 0 Å². The number of aryl methyl sites for hydroxylation is 2. The van der Waals surface area contributed by atoms with Gasteiger partial charge in [0.05, 0.1) is 6.10 Å². The molecule has 2 atom stereocenters. The molecule has 22 heavy (non-hydrogen) atoms. The van der Waals surface area contributed by atoms with Crippen molar-refractivity contribution in [1.29, 1.82) is 0 Å². The van der Waals surface area contributed by atoms with E-state index in [0.29, 0.717) is 36.6 Å². The van der Waals surface area contributed by atoms with Crippen LogP contribution in [0.4, 0.5) is 5.95 Å². The number of hydrogen-bond acceptors (Lipinski definition) is 6. The number of aromatic amines is 1. The second kappa shape index (κ2) is 5.25. The van der Waals surface area contributed by atoms with Gasteiger partial charge in [-0.25, -0.2) is 4.79 Å². The Morgan fingerprint density at radius 1 is 1.32 bits per heavy atom. The largest absolute Gasteiger partial charge is 0.396 e. The number of nitrogens with one attached hydrogen (secondary N) is 1. The van der Waals surface area contributed by atoms with Gasteiger partial charge in [-0.15, -0.1) is 0 Å². The first kappa shape index (κ1) is 14.8. The van der Waals surface area contributed by atoms with Gasteiger partial charge in [0, 0.05) is 39.7 Å². The number of rotatable bonds is 2. The number of anilines is 1. The molecule has 1 aliphatic rings. The van der Waals surface area contributed by atoms with Gasteiger partial charge in [0.1, 0.15) is 0 Å². The van der Waals surface area contributed by atoms with E-state index in [9.17, 15) is 19.8 Å². The molecule has 0 radical (unpaired) electrons. The van der Waals surface area contributed by atoms with Crippen molar-refractivity contribution >= 4 is 17.1 Å². The molecule has 1 saturated heterocycles. The maximum absolute atomic E-state index is 12.0. The van der Waals surface area contributed by atoms with Crippen molar-refractivity contribution in [2.24, 2.45) is 20.0 Å². The first-order chi connectivity index (χ1) is 10.4. The molecule has 9 heteroatoms. The molecule has 0 aromatic carbocycles. The van der Waals surface area contributed by atoms with Gasteiger partial charge >= 0.3 is 5.69 Å². The van der Waals surface area contributed by atoms with E-state index < -0.39 is 17.4 Å². The van der Waals surface area contributed by atoms with Crippen LogP contribution in [0.15, 0.2) is 9.59 Å². The summed E-state index contributed by atoms with van der Waals surface area (Å²) in [6, 6.07) is 0. The SMILES string of the molecule is Cn1c(N2CC[C@H](CO)[C@@H](O)C2)nc2c1c(=O)[nH]c(=O)n2C. The Kier molecular flexibility index (Phi) is 3.53. The van der Waals surface area contributed by atoms with Gasteiger partial charge in [-0.3, -0.25) is 14.3 Å². The van der Waals surface area contributed by atoms with E-state index >= 15 is 0 Å². The lowest BCUT2D eigenvalue weighted by Crippen LogP contribution is -2.46. The molecule has 3 N–H and O–H groups in total. The van der Waals surface area contributed by atoms with Gasteiger partial charge in [-0.2, -0.15) is 4.98 Å². The Morgan fingerprint density at radius 3 is 2.68 bits per heavy atom. The number of H-pyrrole nitrogens is 1. The van der Waals surface area contributed by atoms with Gasteiger partial charge in [0.2, 0.25) is 5.95 Å². The quantitative estimate of drug-likeness (QED) is 0.599. The Morgan fingerprint density at radius 2 is 2.05 bits per heavy atom. The fraction of sp³-hybridized carbons (Fsp3) is 0.615. The lowest BCUT2D eigenvalue weighted by atomic mass is 9.95.